The zero-order chi connectivity index (χ0) is 19.6. The van der Waals surface area contributed by atoms with Gasteiger partial charge in [-0.15, -0.1) is 0 Å². The van der Waals surface area contributed by atoms with E-state index in [1.807, 2.05) is 24.3 Å². The quantitative estimate of drug-likeness (QED) is 0.761. The monoisotopic (exact) mass is 402 g/mol. The Hall–Kier alpha value is -2.19. The van der Waals surface area contributed by atoms with Crippen molar-refractivity contribution in [2.24, 2.45) is 5.92 Å². The van der Waals surface area contributed by atoms with E-state index in [2.05, 4.69) is 14.9 Å². The van der Waals surface area contributed by atoms with Crippen LogP contribution >= 0.6 is 0 Å². The van der Waals surface area contributed by atoms with Gasteiger partial charge in [0.05, 0.1) is 12.4 Å². The van der Waals surface area contributed by atoms with Gasteiger partial charge in [0.15, 0.2) is 0 Å². The zero-order valence-corrected chi connectivity index (χ0v) is 16.9. The molecule has 0 N–H and O–H groups in total. The number of sulfonamides is 1. The fourth-order valence-electron chi connectivity index (χ4n) is 4.25. The molecule has 2 atom stereocenters. The van der Waals surface area contributed by atoms with E-state index in [1.54, 1.807) is 29.9 Å². The second-order valence-electron chi connectivity index (χ2n) is 7.42. The molecule has 28 heavy (non-hydrogen) atoms. The van der Waals surface area contributed by atoms with Crippen LogP contribution in [0.2, 0.25) is 0 Å². The topological polar surface area (TPSA) is 75.6 Å². The van der Waals surface area contributed by atoms with Crippen molar-refractivity contribution in [2.75, 3.05) is 38.2 Å². The minimum absolute atomic E-state index is 0.170. The van der Waals surface area contributed by atoms with Crippen LogP contribution in [0.5, 0.6) is 5.75 Å². The SMILES string of the molecule is COc1cccc(CCN2C[C@H]3CCN(c4ncccn4)CC[C@H]3S2(=O)=O)c1. The number of rotatable bonds is 5. The summed E-state index contributed by atoms with van der Waals surface area (Å²) in [4.78, 5) is 10.7. The van der Waals surface area contributed by atoms with Crippen LogP contribution in [0.1, 0.15) is 18.4 Å². The molecule has 7 nitrogen and oxygen atoms in total. The summed E-state index contributed by atoms with van der Waals surface area (Å²) >= 11 is 0. The van der Waals surface area contributed by atoms with E-state index in [4.69, 9.17) is 4.74 Å². The molecule has 2 saturated heterocycles. The number of hydrogen-bond donors (Lipinski definition) is 0. The first-order valence-corrected chi connectivity index (χ1v) is 11.2. The first kappa shape index (κ1) is 19.1. The molecule has 8 heteroatoms. The number of fused-ring (bicyclic) bond motifs is 1. The summed E-state index contributed by atoms with van der Waals surface area (Å²) in [5.74, 6) is 1.66. The summed E-state index contributed by atoms with van der Waals surface area (Å²) < 4.78 is 33.2. The van der Waals surface area contributed by atoms with Gasteiger partial charge >= 0.3 is 0 Å². The summed E-state index contributed by atoms with van der Waals surface area (Å²) in [5, 5.41) is -0.300. The highest BCUT2D eigenvalue weighted by Gasteiger charge is 2.46. The van der Waals surface area contributed by atoms with Crippen molar-refractivity contribution >= 4 is 16.0 Å². The van der Waals surface area contributed by atoms with E-state index in [-0.39, 0.29) is 11.2 Å². The number of benzene rings is 1. The number of ether oxygens (including phenoxy) is 1. The summed E-state index contributed by atoms with van der Waals surface area (Å²) in [6.45, 7) is 2.60. The third-order valence-corrected chi connectivity index (χ3v) is 8.22. The molecule has 150 valence electrons. The van der Waals surface area contributed by atoms with Crippen molar-refractivity contribution in [2.45, 2.75) is 24.5 Å². The van der Waals surface area contributed by atoms with Crippen LogP contribution in [0.3, 0.4) is 0 Å². The van der Waals surface area contributed by atoms with Gasteiger partial charge in [-0.05, 0) is 48.9 Å². The maximum atomic E-state index is 13.1. The third-order valence-electron chi connectivity index (χ3n) is 5.78. The van der Waals surface area contributed by atoms with Crippen LogP contribution in [-0.2, 0) is 16.4 Å². The average molecular weight is 403 g/mol. The van der Waals surface area contributed by atoms with Gasteiger partial charge in [0.2, 0.25) is 16.0 Å². The lowest BCUT2D eigenvalue weighted by atomic mass is 10.0. The van der Waals surface area contributed by atoms with Crippen molar-refractivity contribution < 1.29 is 13.2 Å². The minimum atomic E-state index is -3.27. The van der Waals surface area contributed by atoms with Crippen LogP contribution in [0.25, 0.3) is 0 Å². The Balaban J connectivity index is 1.41. The largest absolute Gasteiger partial charge is 0.497 e. The van der Waals surface area contributed by atoms with Gasteiger partial charge < -0.3 is 9.64 Å². The second kappa shape index (κ2) is 8.05. The first-order chi connectivity index (χ1) is 13.6. The fourth-order valence-corrected chi connectivity index (χ4v) is 6.49. The van der Waals surface area contributed by atoms with Crippen molar-refractivity contribution in [3.05, 3.63) is 48.3 Å². The lowest BCUT2D eigenvalue weighted by Crippen LogP contribution is -2.33. The van der Waals surface area contributed by atoms with E-state index in [1.165, 1.54) is 0 Å². The fraction of sp³-hybridized carbons (Fsp3) is 0.500. The summed E-state index contributed by atoms with van der Waals surface area (Å²) in [7, 11) is -1.63. The van der Waals surface area contributed by atoms with Crippen LogP contribution in [-0.4, -0.2) is 61.2 Å². The predicted molar refractivity (Wildman–Crippen MR) is 108 cm³/mol. The molecule has 1 aromatic carbocycles. The number of aromatic nitrogens is 2. The molecule has 2 aromatic rings. The van der Waals surface area contributed by atoms with E-state index >= 15 is 0 Å². The maximum absolute atomic E-state index is 13.1. The van der Waals surface area contributed by atoms with Gasteiger partial charge in [0.25, 0.3) is 0 Å². The second-order valence-corrected chi connectivity index (χ2v) is 9.57. The number of methoxy groups -OCH3 is 1. The van der Waals surface area contributed by atoms with Gasteiger partial charge in [-0.3, -0.25) is 0 Å². The molecule has 1 aromatic heterocycles. The zero-order valence-electron chi connectivity index (χ0n) is 16.1. The molecule has 2 aliphatic heterocycles. The van der Waals surface area contributed by atoms with Gasteiger partial charge in [-0.25, -0.2) is 22.7 Å². The number of nitrogens with zero attached hydrogens (tertiary/aromatic N) is 4. The number of hydrogen-bond acceptors (Lipinski definition) is 6. The Kier molecular flexibility index (Phi) is 5.50. The van der Waals surface area contributed by atoms with E-state index in [9.17, 15) is 8.42 Å². The molecule has 2 fully saturated rings. The molecule has 0 saturated carbocycles. The Labute approximate surface area is 166 Å². The average Bonchev–Trinajstić information content (AvgIpc) is 2.86. The van der Waals surface area contributed by atoms with Crippen molar-refractivity contribution in [1.82, 2.24) is 14.3 Å². The Bertz CT molecular complexity index is 907. The molecule has 0 amide bonds. The molecule has 2 aliphatic rings. The smallest absolute Gasteiger partial charge is 0.225 e. The van der Waals surface area contributed by atoms with Gasteiger partial charge in [-0.1, -0.05) is 12.1 Å². The van der Waals surface area contributed by atoms with Gasteiger partial charge in [-0.2, -0.15) is 0 Å². The molecular weight excluding hydrogens is 376 g/mol. The minimum Gasteiger partial charge on any atom is -0.497 e. The molecule has 0 radical (unpaired) electrons. The summed E-state index contributed by atoms with van der Waals surface area (Å²) in [6.07, 6.45) is 5.62. The van der Waals surface area contributed by atoms with Gasteiger partial charge in [0, 0.05) is 38.6 Å². The molecule has 0 aliphatic carbocycles. The van der Waals surface area contributed by atoms with Crippen LogP contribution in [0, 0.1) is 5.92 Å². The highest BCUT2D eigenvalue weighted by Crippen LogP contribution is 2.35. The predicted octanol–water partition coefficient (Wildman–Crippen LogP) is 1.96. The van der Waals surface area contributed by atoms with E-state index < -0.39 is 10.0 Å². The van der Waals surface area contributed by atoms with Crippen LogP contribution in [0.15, 0.2) is 42.7 Å². The molecule has 0 spiro atoms. The van der Waals surface area contributed by atoms with Crippen molar-refractivity contribution in [3.8, 4) is 5.75 Å². The Morgan fingerprint density at radius 2 is 1.93 bits per heavy atom. The normalized spacial score (nSPS) is 24.5. The molecule has 0 bridgehead atoms. The summed E-state index contributed by atoms with van der Waals surface area (Å²) in [6, 6.07) is 9.62. The highest BCUT2D eigenvalue weighted by molar-refractivity contribution is 7.90. The van der Waals surface area contributed by atoms with Crippen molar-refractivity contribution in [1.29, 1.82) is 0 Å². The van der Waals surface area contributed by atoms with Crippen LogP contribution < -0.4 is 9.64 Å². The standard InChI is InChI=1S/C20H26N4O3S/c1-27-18-5-2-4-16(14-18)6-13-24-15-17-7-11-23(20-21-9-3-10-22-20)12-8-19(17)28(24,25)26/h2-5,9-10,14,17,19H,6-8,11-13,15H2,1H3/t17-,19-/m1/s1. The van der Waals surface area contributed by atoms with Crippen LogP contribution in [0.4, 0.5) is 5.95 Å². The van der Waals surface area contributed by atoms with E-state index in [0.717, 1.165) is 24.3 Å². The first-order valence-electron chi connectivity index (χ1n) is 9.72. The Morgan fingerprint density at radius 3 is 2.71 bits per heavy atom. The maximum Gasteiger partial charge on any atom is 0.225 e. The number of anilines is 1. The lowest BCUT2D eigenvalue weighted by molar-refractivity contribution is 0.387. The molecular formula is C20H26N4O3S. The molecule has 0 unspecified atom stereocenters. The lowest BCUT2D eigenvalue weighted by Gasteiger charge is -2.21. The molecule has 4 rings (SSSR count). The van der Waals surface area contributed by atoms with Gasteiger partial charge in [0.1, 0.15) is 5.75 Å². The summed E-state index contributed by atoms with van der Waals surface area (Å²) in [5.41, 5.74) is 1.09. The Morgan fingerprint density at radius 1 is 1.14 bits per heavy atom. The van der Waals surface area contributed by atoms with E-state index in [0.29, 0.717) is 38.4 Å². The highest BCUT2D eigenvalue weighted by atomic mass is 32.2. The molecule has 3 heterocycles. The van der Waals surface area contributed by atoms with Crippen molar-refractivity contribution in [3.63, 3.8) is 0 Å². The third kappa shape index (κ3) is 3.84.